The van der Waals surface area contributed by atoms with Crippen LogP contribution in [-0.4, -0.2) is 17.9 Å². The van der Waals surface area contributed by atoms with Crippen LogP contribution in [0.15, 0.2) is 0 Å². The molecule has 3 N–H and O–H groups in total. The lowest BCUT2D eigenvalue weighted by atomic mass is 10.1. The number of hydrogen-bond acceptors (Lipinski definition) is 2. The van der Waals surface area contributed by atoms with Gasteiger partial charge < -0.3 is 11.1 Å². The summed E-state index contributed by atoms with van der Waals surface area (Å²) >= 11 is 0. The van der Waals surface area contributed by atoms with Gasteiger partial charge in [-0.1, -0.05) is 0 Å². The van der Waals surface area contributed by atoms with Crippen LogP contribution in [0.3, 0.4) is 0 Å². The minimum atomic E-state index is -0.354. The molecular weight excluding hydrogens is 132 g/mol. The van der Waals surface area contributed by atoms with Gasteiger partial charge in [0.2, 0.25) is 11.8 Å². The summed E-state index contributed by atoms with van der Waals surface area (Å²) in [6.45, 7) is 0. The fraction of sp³-hybridized carbons (Fsp3) is 0.667. The third-order valence-corrected chi connectivity index (χ3v) is 1.53. The highest BCUT2D eigenvalue weighted by molar-refractivity contribution is 5.81. The summed E-state index contributed by atoms with van der Waals surface area (Å²) < 4.78 is 0. The Balaban J connectivity index is 2.31. The molecule has 56 valence electrons. The molecule has 10 heavy (non-hydrogen) atoms. The summed E-state index contributed by atoms with van der Waals surface area (Å²) in [5.41, 5.74) is 4.93. The molecule has 1 saturated heterocycles. The molecule has 4 nitrogen and oxygen atoms in total. The Morgan fingerprint density at radius 1 is 1.80 bits per heavy atom. The van der Waals surface area contributed by atoms with Gasteiger partial charge >= 0.3 is 0 Å². The topological polar surface area (TPSA) is 72.2 Å². The first-order chi connectivity index (χ1) is 4.68. The largest absolute Gasteiger partial charge is 0.370 e. The van der Waals surface area contributed by atoms with Gasteiger partial charge in [0.25, 0.3) is 0 Å². The molecule has 4 heteroatoms. The van der Waals surface area contributed by atoms with Crippen molar-refractivity contribution in [3.8, 4) is 0 Å². The number of carbonyl (C=O) groups excluding carboxylic acids is 2. The Kier molecular flexibility index (Phi) is 1.89. The Morgan fingerprint density at radius 2 is 2.50 bits per heavy atom. The van der Waals surface area contributed by atoms with Gasteiger partial charge in [0.15, 0.2) is 0 Å². The molecular formula is C6H10N2O2. The van der Waals surface area contributed by atoms with E-state index in [-0.39, 0.29) is 24.3 Å². The molecule has 0 spiro atoms. The van der Waals surface area contributed by atoms with E-state index in [1.165, 1.54) is 0 Å². The van der Waals surface area contributed by atoms with E-state index in [4.69, 9.17) is 5.73 Å². The molecule has 0 aromatic rings. The van der Waals surface area contributed by atoms with Gasteiger partial charge in [-0.05, 0) is 6.42 Å². The molecule has 1 rings (SSSR count). The second-order valence-electron chi connectivity index (χ2n) is 2.47. The van der Waals surface area contributed by atoms with Crippen LogP contribution >= 0.6 is 0 Å². The summed E-state index contributed by atoms with van der Waals surface area (Å²) in [4.78, 5) is 20.9. The quantitative estimate of drug-likeness (QED) is 0.526. The summed E-state index contributed by atoms with van der Waals surface area (Å²) in [5, 5.41) is 2.65. The maximum absolute atomic E-state index is 10.6. The molecule has 1 fully saturated rings. The van der Waals surface area contributed by atoms with E-state index in [9.17, 15) is 9.59 Å². The van der Waals surface area contributed by atoms with E-state index in [0.29, 0.717) is 6.42 Å². The Morgan fingerprint density at radius 3 is 2.90 bits per heavy atom. The molecule has 2 amide bonds. The van der Waals surface area contributed by atoms with Crippen LogP contribution in [0.4, 0.5) is 0 Å². The second-order valence-corrected chi connectivity index (χ2v) is 2.47. The van der Waals surface area contributed by atoms with Crippen LogP contribution in [0.2, 0.25) is 0 Å². The maximum Gasteiger partial charge on any atom is 0.220 e. The highest BCUT2D eigenvalue weighted by atomic mass is 16.2. The highest BCUT2D eigenvalue weighted by Crippen LogP contribution is 2.08. The zero-order valence-corrected chi connectivity index (χ0v) is 5.59. The molecule has 1 heterocycles. The van der Waals surface area contributed by atoms with Crippen LogP contribution in [-0.2, 0) is 9.59 Å². The van der Waals surface area contributed by atoms with E-state index in [0.717, 1.165) is 6.42 Å². The van der Waals surface area contributed by atoms with Gasteiger partial charge in [-0.25, -0.2) is 0 Å². The molecule has 0 radical (unpaired) electrons. The Hall–Kier alpha value is -1.06. The van der Waals surface area contributed by atoms with Crippen LogP contribution < -0.4 is 11.1 Å². The third kappa shape index (κ3) is 1.72. The lowest BCUT2D eigenvalue weighted by Gasteiger charge is -2.04. The van der Waals surface area contributed by atoms with Gasteiger partial charge in [-0.15, -0.1) is 0 Å². The fourth-order valence-electron chi connectivity index (χ4n) is 1.07. The molecule has 0 saturated carbocycles. The zero-order chi connectivity index (χ0) is 7.56. The third-order valence-electron chi connectivity index (χ3n) is 1.53. The number of carbonyl (C=O) groups is 2. The first kappa shape index (κ1) is 7.05. The minimum Gasteiger partial charge on any atom is -0.370 e. The first-order valence-corrected chi connectivity index (χ1v) is 3.26. The van der Waals surface area contributed by atoms with Gasteiger partial charge in [0.1, 0.15) is 0 Å². The van der Waals surface area contributed by atoms with Crippen LogP contribution in [0.5, 0.6) is 0 Å². The standard InChI is InChI=1S/C6H10N2O2/c7-5(9)3-4-1-2-6(10)8-4/h4H,1-3H2,(H2,7,9)(H,8,10). The maximum atomic E-state index is 10.6. The number of nitrogens with two attached hydrogens (primary N) is 1. The van der Waals surface area contributed by atoms with E-state index in [2.05, 4.69) is 5.32 Å². The predicted octanol–water partition coefficient (Wildman–Crippen LogP) is -0.860. The van der Waals surface area contributed by atoms with Gasteiger partial charge in [-0.3, -0.25) is 9.59 Å². The van der Waals surface area contributed by atoms with Gasteiger partial charge in [0.05, 0.1) is 0 Å². The lowest BCUT2D eigenvalue weighted by molar-refractivity contribution is -0.119. The van der Waals surface area contributed by atoms with Crippen molar-refractivity contribution in [1.29, 1.82) is 0 Å². The van der Waals surface area contributed by atoms with E-state index in [1.54, 1.807) is 0 Å². The van der Waals surface area contributed by atoms with Crippen molar-refractivity contribution < 1.29 is 9.59 Å². The van der Waals surface area contributed by atoms with Crippen molar-refractivity contribution in [3.63, 3.8) is 0 Å². The second kappa shape index (κ2) is 2.68. The number of rotatable bonds is 2. The average molecular weight is 142 g/mol. The summed E-state index contributed by atoms with van der Waals surface area (Å²) in [6, 6.07) is -0.00926. The smallest absolute Gasteiger partial charge is 0.220 e. The Bertz CT molecular complexity index is 167. The predicted molar refractivity (Wildman–Crippen MR) is 35.0 cm³/mol. The van der Waals surface area contributed by atoms with E-state index in [1.807, 2.05) is 0 Å². The first-order valence-electron chi connectivity index (χ1n) is 3.26. The SMILES string of the molecule is NC(=O)CC1CCC(=O)N1. The zero-order valence-electron chi connectivity index (χ0n) is 5.59. The monoisotopic (exact) mass is 142 g/mol. The van der Waals surface area contributed by atoms with E-state index >= 15 is 0 Å². The molecule has 1 atom stereocenters. The minimum absolute atomic E-state index is 0.00926. The molecule has 0 aromatic carbocycles. The van der Waals surface area contributed by atoms with Crippen LogP contribution in [0.1, 0.15) is 19.3 Å². The normalized spacial score (nSPS) is 24.4. The highest BCUT2D eigenvalue weighted by Gasteiger charge is 2.21. The van der Waals surface area contributed by atoms with Crippen molar-refractivity contribution in [1.82, 2.24) is 5.32 Å². The van der Waals surface area contributed by atoms with Crippen molar-refractivity contribution in [3.05, 3.63) is 0 Å². The summed E-state index contributed by atoms with van der Waals surface area (Å²) in [5.74, 6) is -0.335. The molecule has 1 unspecified atom stereocenters. The molecule has 0 bridgehead atoms. The number of amides is 2. The van der Waals surface area contributed by atoms with Crippen LogP contribution in [0, 0.1) is 0 Å². The molecule has 1 aliphatic heterocycles. The van der Waals surface area contributed by atoms with Crippen molar-refractivity contribution in [2.24, 2.45) is 5.73 Å². The number of nitrogens with one attached hydrogen (secondary N) is 1. The fourth-order valence-corrected chi connectivity index (χ4v) is 1.07. The summed E-state index contributed by atoms with van der Waals surface area (Å²) in [7, 11) is 0. The van der Waals surface area contributed by atoms with Crippen molar-refractivity contribution in [2.75, 3.05) is 0 Å². The van der Waals surface area contributed by atoms with Crippen molar-refractivity contribution in [2.45, 2.75) is 25.3 Å². The molecule has 0 aromatic heterocycles. The van der Waals surface area contributed by atoms with Gasteiger partial charge in [0, 0.05) is 18.9 Å². The molecule has 0 aliphatic carbocycles. The number of primary amides is 1. The van der Waals surface area contributed by atoms with Crippen LogP contribution in [0.25, 0.3) is 0 Å². The average Bonchev–Trinajstić information content (AvgIpc) is 2.13. The Labute approximate surface area is 58.8 Å². The van der Waals surface area contributed by atoms with Gasteiger partial charge in [-0.2, -0.15) is 0 Å². The summed E-state index contributed by atoms with van der Waals surface area (Å²) in [6.07, 6.45) is 1.53. The molecule has 1 aliphatic rings. The number of hydrogen-bond donors (Lipinski definition) is 2. The lowest BCUT2D eigenvalue weighted by Crippen LogP contribution is -2.30. The van der Waals surface area contributed by atoms with E-state index < -0.39 is 0 Å². The van der Waals surface area contributed by atoms with Crippen molar-refractivity contribution >= 4 is 11.8 Å².